The smallest absolute Gasteiger partial charge is 0.291 e. The summed E-state index contributed by atoms with van der Waals surface area (Å²) in [6, 6.07) is 13.5. The van der Waals surface area contributed by atoms with Crippen LogP contribution in [0.5, 0.6) is 5.75 Å². The number of nitrogens with one attached hydrogen (secondary N) is 2. The van der Waals surface area contributed by atoms with E-state index in [1.807, 2.05) is 0 Å². The van der Waals surface area contributed by atoms with Crippen molar-refractivity contribution < 1.29 is 23.1 Å². The maximum atomic E-state index is 13.1. The maximum Gasteiger partial charge on any atom is 0.291 e. The Morgan fingerprint density at radius 3 is 2.44 bits per heavy atom. The number of carbonyl (C=O) groups is 2. The van der Waals surface area contributed by atoms with Gasteiger partial charge in [0.15, 0.2) is 12.4 Å². The monoisotopic (exact) mass is 388 g/mol. The van der Waals surface area contributed by atoms with Crippen molar-refractivity contribution in [2.45, 2.75) is 0 Å². The Morgan fingerprint density at radius 1 is 1.04 bits per heavy atom. The van der Waals surface area contributed by atoms with E-state index in [1.54, 1.807) is 36.4 Å². The van der Waals surface area contributed by atoms with Gasteiger partial charge in [-0.2, -0.15) is 0 Å². The summed E-state index contributed by atoms with van der Waals surface area (Å²) < 4.78 is 23.5. The molecule has 2 amide bonds. The van der Waals surface area contributed by atoms with Gasteiger partial charge in [-0.05, 0) is 54.6 Å². The number of hydrogen-bond donors (Lipinski definition) is 2. The van der Waals surface area contributed by atoms with E-state index in [4.69, 9.17) is 20.8 Å². The number of amides is 2. The molecule has 0 bridgehead atoms. The van der Waals surface area contributed by atoms with Gasteiger partial charge in [0.25, 0.3) is 11.8 Å². The van der Waals surface area contributed by atoms with Gasteiger partial charge < -0.3 is 19.8 Å². The van der Waals surface area contributed by atoms with Crippen LogP contribution in [-0.2, 0) is 4.79 Å². The van der Waals surface area contributed by atoms with Gasteiger partial charge in [-0.25, -0.2) is 4.39 Å². The van der Waals surface area contributed by atoms with E-state index in [2.05, 4.69) is 10.6 Å². The Kier molecular flexibility index (Phi) is 5.73. The van der Waals surface area contributed by atoms with Crippen molar-refractivity contribution in [2.75, 3.05) is 17.2 Å². The molecule has 0 saturated carbocycles. The average Bonchev–Trinajstić information content (AvgIpc) is 3.19. The second kappa shape index (κ2) is 8.37. The SMILES string of the molecule is O=C(COc1ccc(NC(=O)c2ccco2)cc1)Nc1ccc(F)c(Cl)c1. The minimum absolute atomic E-state index is 0.0825. The molecule has 0 radical (unpaired) electrons. The first-order valence-electron chi connectivity index (χ1n) is 7.84. The molecule has 6 nitrogen and oxygen atoms in total. The van der Waals surface area contributed by atoms with Crippen molar-refractivity contribution in [3.05, 3.63) is 77.5 Å². The Morgan fingerprint density at radius 2 is 1.78 bits per heavy atom. The van der Waals surface area contributed by atoms with Crippen LogP contribution in [0.25, 0.3) is 0 Å². The molecule has 27 heavy (non-hydrogen) atoms. The molecule has 0 atom stereocenters. The van der Waals surface area contributed by atoms with E-state index >= 15 is 0 Å². The van der Waals surface area contributed by atoms with Crippen molar-refractivity contribution in [3.8, 4) is 5.75 Å². The molecule has 0 unspecified atom stereocenters. The fourth-order valence-corrected chi connectivity index (χ4v) is 2.34. The van der Waals surface area contributed by atoms with Gasteiger partial charge in [0.1, 0.15) is 11.6 Å². The molecular formula is C19H14ClFN2O4. The van der Waals surface area contributed by atoms with Crippen molar-refractivity contribution in [1.29, 1.82) is 0 Å². The molecule has 2 aromatic carbocycles. The lowest BCUT2D eigenvalue weighted by molar-refractivity contribution is -0.118. The van der Waals surface area contributed by atoms with Crippen LogP contribution in [0.1, 0.15) is 10.6 Å². The highest BCUT2D eigenvalue weighted by molar-refractivity contribution is 6.31. The largest absolute Gasteiger partial charge is 0.484 e. The molecular weight excluding hydrogens is 375 g/mol. The minimum atomic E-state index is -0.565. The van der Waals surface area contributed by atoms with Crippen molar-refractivity contribution in [1.82, 2.24) is 0 Å². The van der Waals surface area contributed by atoms with Crippen LogP contribution < -0.4 is 15.4 Å². The summed E-state index contributed by atoms with van der Waals surface area (Å²) >= 11 is 5.66. The summed E-state index contributed by atoms with van der Waals surface area (Å²) in [7, 11) is 0. The van der Waals surface area contributed by atoms with Crippen LogP contribution >= 0.6 is 11.6 Å². The van der Waals surface area contributed by atoms with Crippen LogP contribution in [0.15, 0.2) is 65.3 Å². The first-order valence-corrected chi connectivity index (χ1v) is 8.22. The van der Waals surface area contributed by atoms with Gasteiger partial charge >= 0.3 is 0 Å². The van der Waals surface area contributed by atoms with Gasteiger partial charge in [0.2, 0.25) is 0 Å². The van der Waals surface area contributed by atoms with E-state index in [0.29, 0.717) is 17.1 Å². The number of halogens is 2. The Hall–Kier alpha value is -3.32. The van der Waals surface area contributed by atoms with Crippen LogP contribution in [-0.4, -0.2) is 18.4 Å². The first-order chi connectivity index (χ1) is 13.0. The average molecular weight is 389 g/mol. The number of benzene rings is 2. The second-order valence-electron chi connectivity index (χ2n) is 5.42. The van der Waals surface area contributed by atoms with Gasteiger partial charge in [-0.15, -0.1) is 0 Å². The first kappa shape index (κ1) is 18.5. The maximum absolute atomic E-state index is 13.1. The molecule has 0 aliphatic heterocycles. The van der Waals surface area contributed by atoms with Gasteiger partial charge in [0, 0.05) is 11.4 Å². The summed E-state index contributed by atoms with van der Waals surface area (Å²) in [5.74, 6) is -0.713. The molecule has 3 aromatic rings. The molecule has 3 rings (SSSR count). The van der Waals surface area contributed by atoms with Crippen LogP contribution in [0.3, 0.4) is 0 Å². The molecule has 1 heterocycles. The van der Waals surface area contributed by atoms with Crippen LogP contribution in [0.2, 0.25) is 5.02 Å². The highest BCUT2D eigenvalue weighted by Crippen LogP contribution is 2.20. The normalized spacial score (nSPS) is 10.3. The Balaban J connectivity index is 1.50. The van der Waals surface area contributed by atoms with Crippen molar-refractivity contribution >= 4 is 34.8 Å². The molecule has 0 aliphatic carbocycles. The molecule has 0 fully saturated rings. The molecule has 0 aliphatic rings. The predicted octanol–water partition coefficient (Wildman–Crippen LogP) is 4.34. The van der Waals surface area contributed by atoms with E-state index in [1.165, 1.54) is 18.4 Å². The van der Waals surface area contributed by atoms with Crippen LogP contribution in [0.4, 0.5) is 15.8 Å². The molecule has 1 aromatic heterocycles. The highest BCUT2D eigenvalue weighted by atomic mass is 35.5. The van der Waals surface area contributed by atoms with E-state index in [0.717, 1.165) is 6.07 Å². The van der Waals surface area contributed by atoms with Gasteiger partial charge in [0.05, 0.1) is 11.3 Å². The zero-order chi connectivity index (χ0) is 19.2. The Bertz CT molecular complexity index is 943. The molecule has 0 saturated heterocycles. The summed E-state index contributed by atoms with van der Waals surface area (Å²) in [6.07, 6.45) is 1.41. The number of hydrogen-bond acceptors (Lipinski definition) is 4. The molecule has 0 spiro atoms. The van der Waals surface area contributed by atoms with Gasteiger partial charge in [-0.1, -0.05) is 11.6 Å². The van der Waals surface area contributed by atoms with E-state index in [-0.39, 0.29) is 23.3 Å². The summed E-state index contributed by atoms with van der Waals surface area (Å²) in [5, 5.41) is 5.14. The van der Waals surface area contributed by atoms with Crippen molar-refractivity contribution in [2.24, 2.45) is 0 Å². The lowest BCUT2D eigenvalue weighted by atomic mass is 10.3. The van der Waals surface area contributed by atoms with E-state index < -0.39 is 11.7 Å². The number of anilines is 2. The zero-order valence-corrected chi connectivity index (χ0v) is 14.6. The minimum Gasteiger partial charge on any atom is -0.484 e. The fraction of sp³-hybridized carbons (Fsp3) is 0.0526. The predicted molar refractivity (Wildman–Crippen MR) is 98.6 cm³/mol. The molecule has 138 valence electrons. The number of ether oxygens (including phenoxy) is 1. The van der Waals surface area contributed by atoms with Crippen LogP contribution in [0, 0.1) is 5.82 Å². The Labute approximate surface area is 158 Å². The number of carbonyl (C=O) groups excluding carboxylic acids is 2. The zero-order valence-electron chi connectivity index (χ0n) is 13.9. The lowest BCUT2D eigenvalue weighted by Crippen LogP contribution is -2.20. The lowest BCUT2D eigenvalue weighted by Gasteiger charge is -2.09. The third-order valence-electron chi connectivity index (χ3n) is 3.43. The van der Waals surface area contributed by atoms with E-state index in [9.17, 15) is 14.0 Å². The van der Waals surface area contributed by atoms with Crippen molar-refractivity contribution in [3.63, 3.8) is 0 Å². The third-order valence-corrected chi connectivity index (χ3v) is 3.72. The quantitative estimate of drug-likeness (QED) is 0.658. The summed E-state index contributed by atoms with van der Waals surface area (Å²) in [4.78, 5) is 23.8. The second-order valence-corrected chi connectivity index (χ2v) is 5.83. The number of furan rings is 1. The summed E-state index contributed by atoms with van der Waals surface area (Å²) in [6.45, 7) is -0.243. The summed E-state index contributed by atoms with van der Waals surface area (Å²) in [5.41, 5.74) is 0.917. The van der Waals surface area contributed by atoms with Gasteiger partial charge in [-0.3, -0.25) is 9.59 Å². The fourth-order valence-electron chi connectivity index (χ4n) is 2.15. The highest BCUT2D eigenvalue weighted by Gasteiger charge is 2.09. The number of rotatable bonds is 6. The topological polar surface area (TPSA) is 80.6 Å². The molecule has 8 heteroatoms. The molecule has 2 N–H and O–H groups in total. The third kappa shape index (κ3) is 5.08. The standard InChI is InChI=1S/C19H14ClFN2O4/c20-15-10-13(5-8-16(15)21)22-18(24)11-27-14-6-3-12(4-7-14)23-19(25)17-2-1-9-26-17/h1-10H,11H2,(H,22,24)(H,23,25).